The zero-order chi connectivity index (χ0) is 17.0. The molecule has 126 valence electrons. The Morgan fingerprint density at radius 2 is 2.17 bits per heavy atom. The molecule has 7 heteroatoms. The van der Waals surface area contributed by atoms with E-state index in [0.717, 1.165) is 11.1 Å². The average molecular weight is 338 g/mol. The Morgan fingerprint density at radius 3 is 2.78 bits per heavy atom. The average Bonchev–Trinajstić information content (AvgIpc) is 2.83. The topological polar surface area (TPSA) is 84.8 Å². The molecule has 0 unspecified atom stereocenters. The van der Waals surface area contributed by atoms with Crippen molar-refractivity contribution < 1.29 is 17.9 Å². The van der Waals surface area contributed by atoms with Gasteiger partial charge < -0.3 is 4.74 Å². The normalized spacial score (nSPS) is 20.3. The van der Waals surface area contributed by atoms with Crippen molar-refractivity contribution >= 4 is 21.5 Å². The Kier molecular flexibility index (Phi) is 5.41. The van der Waals surface area contributed by atoms with Crippen LogP contribution in [0.15, 0.2) is 23.3 Å². The van der Waals surface area contributed by atoms with Gasteiger partial charge in [0.05, 0.1) is 24.3 Å². The lowest BCUT2D eigenvalue weighted by Gasteiger charge is -2.10. The predicted octanol–water partition coefficient (Wildman–Crippen LogP) is 1.67. The molecule has 0 saturated carbocycles. The molecule has 0 aromatic heterocycles. The van der Waals surface area contributed by atoms with Crippen LogP contribution in [0.1, 0.15) is 30.9 Å². The molecule has 6 nitrogen and oxygen atoms in total. The second-order valence-corrected chi connectivity index (χ2v) is 8.14. The van der Waals surface area contributed by atoms with Crippen molar-refractivity contribution in [3.8, 4) is 5.75 Å². The maximum Gasteiger partial charge on any atom is 0.240 e. The van der Waals surface area contributed by atoms with E-state index in [-0.39, 0.29) is 29.8 Å². The third-order valence-electron chi connectivity index (χ3n) is 3.89. The van der Waals surface area contributed by atoms with E-state index in [4.69, 9.17) is 4.74 Å². The second kappa shape index (κ2) is 7.12. The molecule has 1 aromatic carbocycles. The van der Waals surface area contributed by atoms with Crippen LogP contribution < -0.4 is 10.2 Å². The number of ether oxygens (including phenoxy) is 1. The van der Waals surface area contributed by atoms with E-state index in [2.05, 4.69) is 10.5 Å². The number of carbonyl (C=O) groups excluding carboxylic acids is 1. The van der Waals surface area contributed by atoms with Crippen LogP contribution in [0.25, 0.3) is 0 Å². The fourth-order valence-corrected chi connectivity index (χ4v) is 4.51. The minimum absolute atomic E-state index is 0.0921. The summed E-state index contributed by atoms with van der Waals surface area (Å²) in [5, 5.41) is 4.11. The van der Waals surface area contributed by atoms with E-state index in [1.54, 1.807) is 14.0 Å². The molecular weight excluding hydrogens is 316 g/mol. The maximum atomic E-state index is 11.9. The Hall–Kier alpha value is -1.89. The van der Waals surface area contributed by atoms with Gasteiger partial charge in [-0.05, 0) is 38.3 Å². The predicted molar refractivity (Wildman–Crippen MR) is 89.5 cm³/mol. The molecule has 1 N–H and O–H groups in total. The van der Waals surface area contributed by atoms with Crippen LogP contribution in [0, 0.1) is 12.8 Å². The molecule has 1 aromatic rings. The van der Waals surface area contributed by atoms with Gasteiger partial charge in [0.2, 0.25) is 5.91 Å². The summed E-state index contributed by atoms with van der Waals surface area (Å²) in [6.07, 6.45) is 0.727. The van der Waals surface area contributed by atoms with Crippen molar-refractivity contribution in [1.29, 1.82) is 0 Å². The number of hydrazone groups is 1. The van der Waals surface area contributed by atoms with Gasteiger partial charge in [-0.25, -0.2) is 13.8 Å². The van der Waals surface area contributed by atoms with Gasteiger partial charge in [-0.15, -0.1) is 0 Å². The number of benzene rings is 1. The minimum Gasteiger partial charge on any atom is -0.496 e. The molecular formula is C16H22N2O4S. The SMILES string of the molecule is COc1ccc(C)cc1/C(C)=N\NC(=O)C[C@@H]1CCS(=O)(=O)C1. The van der Waals surface area contributed by atoms with Crippen LogP contribution in [0.4, 0.5) is 0 Å². The number of rotatable bonds is 5. The fraction of sp³-hybridized carbons (Fsp3) is 0.500. The first-order chi connectivity index (χ1) is 10.8. The number of nitrogens with one attached hydrogen (secondary N) is 1. The van der Waals surface area contributed by atoms with Gasteiger partial charge in [0.15, 0.2) is 9.84 Å². The highest BCUT2D eigenvalue weighted by molar-refractivity contribution is 7.91. The largest absolute Gasteiger partial charge is 0.496 e. The van der Waals surface area contributed by atoms with Gasteiger partial charge in [-0.3, -0.25) is 4.79 Å². The summed E-state index contributed by atoms with van der Waals surface area (Å²) in [4.78, 5) is 11.9. The second-order valence-electron chi connectivity index (χ2n) is 5.91. The highest BCUT2D eigenvalue weighted by Gasteiger charge is 2.29. The summed E-state index contributed by atoms with van der Waals surface area (Å²) >= 11 is 0. The Morgan fingerprint density at radius 1 is 1.43 bits per heavy atom. The lowest BCUT2D eigenvalue weighted by molar-refractivity contribution is -0.121. The van der Waals surface area contributed by atoms with Gasteiger partial charge in [0.1, 0.15) is 5.75 Å². The molecule has 1 aliphatic heterocycles. The summed E-state index contributed by atoms with van der Waals surface area (Å²) in [6, 6.07) is 5.73. The van der Waals surface area contributed by atoms with E-state index < -0.39 is 9.84 Å². The number of sulfone groups is 1. The smallest absolute Gasteiger partial charge is 0.240 e. The monoisotopic (exact) mass is 338 g/mol. The number of hydrogen-bond acceptors (Lipinski definition) is 5. The highest BCUT2D eigenvalue weighted by atomic mass is 32.2. The third-order valence-corrected chi connectivity index (χ3v) is 5.73. The van der Waals surface area contributed by atoms with Gasteiger partial charge in [0, 0.05) is 12.0 Å². The number of aryl methyl sites for hydroxylation is 1. The zero-order valence-electron chi connectivity index (χ0n) is 13.6. The van der Waals surface area contributed by atoms with Crippen molar-refractivity contribution in [3.63, 3.8) is 0 Å². The quantitative estimate of drug-likeness (QED) is 0.654. The fourth-order valence-electron chi connectivity index (χ4n) is 2.65. The van der Waals surface area contributed by atoms with Gasteiger partial charge >= 0.3 is 0 Å². The summed E-state index contributed by atoms with van der Waals surface area (Å²) in [6.45, 7) is 3.76. The van der Waals surface area contributed by atoms with Crippen LogP contribution in [-0.4, -0.2) is 38.7 Å². The molecule has 1 fully saturated rings. The van der Waals surface area contributed by atoms with Crippen molar-refractivity contribution in [2.24, 2.45) is 11.0 Å². The molecule has 23 heavy (non-hydrogen) atoms. The molecule has 2 rings (SSSR count). The molecule has 0 spiro atoms. The summed E-state index contributed by atoms with van der Waals surface area (Å²) in [5.74, 6) is 0.581. The number of nitrogens with zero attached hydrogens (tertiary/aromatic N) is 1. The Bertz CT molecular complexity index is 726. The van der Waals surface area contributed by atoms with E-state index in [0.29, 0.717) is 17.9 Å². The Balaban J connectivity index is 1.99. The van der Waals surface area contributed by atoms with Gasteiger partial charge in [0.25, 0.3) is 0 Å². The molecule has 1 heterocycles. The van der Waals surface area contributed by atoms with E-state index in [9.17, 15) is 13.2 Å². The van der Waals surface area contributed by atoms with E-state index >= 15 is 0 Å². The number of hydrogen-bond donors (Lipinski definition) is 1. The van der Waals surface area contributed by atoms with Crippen molar-refractivity contribution in [1.82, 2.24) is 5.43 Å². The number of amides is 1. The van der Waals surface area contributed by atoms with Crippen LogP contribution in [0.2, 0.25) is 0 Å². The standard InChI is InChI=1S/C16H22N2O4S/c1-11-4-5-15(22-3)14(8-11)12(2)17-18-16(19)9-13-6-7-23(20,21)10-13/h4-5,8,13H,6-7,9-10H2,1-3H3,(H,18,19)/b17-12-/t13-/m0/s1. The minimum atomic E-state index is -2.96. The van der Waals surface area contributed by atoms with Crippen molar-refractivity contribution in [3.05, 3.63) is 29.3 Å². The van der Waals surface area contributed by atoms with Crippen LogP contribution in [0.3, 0.4) is 0 Å². The number of methoxy groups -OCH3 is 1. The number of carbonyl (C=O) groups is 1. The van der Waals surface area contributed by atoms with Crippen LogP contribution in [-0.2, 0) is 14.6 Å². The molecule has 1 atom stereocenters. The molecule has 0 radical (unpaired) electrons. The molecule has 1 saturated heterocycles. The van der Waals surface area contributed by atoms with Gasteiger partial charge in [-0.2, -0.15) is 5.10 Å². The first kappa shape index (κ1) is 17.5. The molecule has 1 aliphatic rings. The van der Waals surface area contributed by atoms with Crippen LogP contribution >= 0.6 is 0 Å². The van der Waals surface area contributed by atoms with E-state index in [1.807, 2.05) is 25.1 Å². The Labute approximate surface area is 136 Å². The zero-order valence-corrected chi connectivity index (χ0v) is 14.4. The molecule has 0 bridgehead atoms. The third kappa shape index (κ3) is 4.79. The van der Waals surface area contributed by atoms with E-state index in [1.165, 1.54) is 0 Å². The first-order valence-electron chi connectivity index (χ1n) is 7.49. The highest BCUT2D eigenvalue weighted by Crippen LogP contribution is 2.22. The summed E-state index contributed by atoms with van der Waals surface area (Å²) in [7, 11) is -1.38. The lowest BCUT2D eigenvalue weighted by atomic mass is 10.1. The maximum absolute atomic E-state index is 11.9. The molecule has 1 amide bonds. The van der Waals surface area contributed by atoms with Crippen molar-refractivity contribution in [2.75, 3.05) is 18.6 Å². The summed E-state index contributed by atoms with van der Waals surface area (Å²) in [5.41, 5.74) is 5.02. The lowest BCUT2D eigenvalue weighted by Crippen LogP contribution is -2.22. The van der Waals surface area contributed by atoms with Gasteiger partial charge in [-0.1, -0.05) is 11.6 Å². The molecule has 0 aliphatic carbocycles. The summed E-state index contributed by atoms with van der Waals surface area (Å²) < 4.78 is 28.1. The van der Waals surface area contributed by atoms with Crippen LogP contribution in [0.5, 0.6) is 5.75 Å². The first-order valence-corrected chi connectivity index (χ1v) is 9.31. The van der Waals surface area contributed by atoms with Crippen molar-refractivity contribution in [2.45, 2.75) is 26.7 Å².